The lowest BCUT2D eigenvalue weighted by atomic mass is 9.87. The number of likely N-dealkylation sites (tertiary alicyclic amines) is 1. The summed E-state index contributed by atoms with van der Waals surface area (Å²) in [5.74, 6) is 0. The number of rotatable bonds is 3. The van der Waals surface area contributed by atoms with E-state index in [1.807, 2.05) is 0 Å². The van der Waals surface area contributed by atoms with Gasteiger partial charge in [-0.05, 0) is 31.1 Å². The van der Waals surface area contributed by atoms with Crippen LogP contribution in [-0.2, 0) is 0 Å². The zero-order chi connectivity index (χ0) is 10.7. The minimum atomic E-state index is -0.0373. The first-order valence-electron chi connectivity index (χ1n) is 6.20. The number of hydrogen-bond acceptors (Lipinski definition) is 2. The fraction of sp³-hybridized carbons (Fsp3) is 1.00. The predicted molar refractivity (Wildman–Crippen MR) is 66.4 cm³/mol. The molecule has 88 valence electrons. The van der Waals surface area contributed by atoms with E-state index in [0.29, 0.717) is 5.41 Å². The van der Waals surface area contributed by atoms with Gasteiger partial charge in [-0.15, -0.1) is 0 Å². The summed E-state index contributed by atoms with van der Waals surface area (Å²) in [6, 6.07) is 0. The Bertz CT molecular complexity index is 196. The Labute approximate surface area is 101 Å². The minimum absolute atomic E-state index is 0.0373. The molecule has 15 heavy (non-hydrogen) atoms. The minimum Gasteiger partial charge on any atom is -0.393 e. The van der Waals surface area contributed by atoms with Gasteiger partial charge in [-0.25, -0.2) is 0 Å². The van der Waals surface area contributed by atoms with E-state index < -0.39 is 0 Å². The van der Waals surface area contributed by atoms with Crippen molar-refractivity contribution in [2.24, 2.45) is 5.41 Å². The molecule has 0 aromatic rings. The average molecular weight is 276 g/mol. The third kappa shape index (κ3) is 2.95. The van der Waals surface area contributed by atoms with Gasteiger partial charge in [0.05, 0.1) is 6.10 Å². The van der Waals surface area contributed by atoms with E-state index in [1.54, 1.807) is 0 Å². The summed E-state index contributed by atoms with van der Waals surface area (Å²) in [7, 11) is 0. The van der Waals surface area contributed by atoms with Gasteiger partial charge in [0.2, 0.25) is 0 Å². The zero-order valence-corrected chi connectivity index (χ0v) is 11.0. The van der Waals surface area contributed by atoms with Crippen LogP contribution in [0, 0.1) is 5.41 Å². The van der Waals surface area contributed by atoms with Gasteiger partial charge in [0.1, 0.15) is 0 Å². The van der Waals surface area contributed by atoms with Crippen LogP contribution in [0.3, 0.4) is 0 Å². The highest BCUT2D eigenvalue weighted by molar-refractivity contribution is 9.09. The topological polar surface area (TPSA) is 23.5 Å². The van der Waals surface area contributed by atoms with Crippen molar-refractivity contribution in [3.05, 3.63) is 0 Å². The highest BCUT2D eigenvalue weighted by atomic mass is 79.9. The maximum absolute atomic E-state index is 9.47. The second kappa shape index (κ2) is 5.15. The van der Waals surface area contributed by atoms with Crippen molar-refractivity contribution in [2.75, 3.05) is 25.0 Å². The quantitative estimate of drug-likeness (QED) is 0.800. The molecule has 0 spiro atoms. The van der Waals surface area contributed by atoms with E-state index in [-0.39, 0.29) is 6.10 Å². The van der Waals surface area contributed by atoms with Crippen molar-refractivity contribution in [3.63, 3.8) is 0 Å². The number of aliphatic hydroxyl groups excluding tert-OH is 1. The third-order valence-electron chi connectivity index (χ3n) is 4.06. The van der Waals surface area contributed by atoms with Gasteiger partial charge in [0.15, 0.2) is 0 Å². The Kier molecular flexibility index (Phi) is 4.08. The van der Waals surface area contributed by atoms with Crippen LogP contribution in [0.4, 0.5) is 0 Å². The summed E-state index contributed by atoms with van der Waals surface area (Å²) < 4.78 is 0. The molecule has 0 aromatic carbocycles. The van der Waals surface area contributed by atoms with Crippen LogP contribution in [-0.4, -0.2) is 41.1 Å². The second-order valence-corrected chi connectivity index (χ2v) is 5.91. The van der Waals surface area contributed by atoms with E-state index in [4.69, 9.17) is 0 Å². The normalized spacial score (nSPS) is 28.4. The largest absolute Gasteiger partial charge is 0.393 e. The first kappa shape index (κ1) is 11.9. The van der Waals surface area contributed by atoms with Gasteiger partial charge in [-0.3, -0.25) is 0 Å². The summed E-state index contributed by atoms with van der Waals surface area (Å²) in [6.07, 6.45) is 7.49. The van der Waals surface area contributed by atoms with Crippen molar-refractivity contribution in [3.8, 4) is 0 Å². The summed E-state index contributed by atoms with van der Waals surface area (Å²) in [5.41, 5.74) is 0.544. The first-order valence-corrected chi connectivity index (χ1v) is 7.33. The molecule has 0 radical (unpaired) electrons. The lowest BCUT2D eigenvalue weighted by molar-refractivity contribution is 0.0622. The number of alkyl halides is 1. The number of hydrogen-bond donors (Lipinski definition) is 1. The van der Waals surface area contributed by atoms with Crippen LogP contribution in [0.5, 0.6) is 0 Å². The number of halogens is 1. The van der Waals surface area contributed by atoms with Gasteiger partial charge >= 0.3 is 0 Å². The summed E-state index contributed by atoms with van der Waals surface area (Å²) >= 11 is 3.70. The molecule has 0 atom stereocenters. The molecule has 3 heteroatoms. The maximum atomic E-state index is 9.47. The van der Waals surface area contributed by atoms with Crippen LogP contribution >= 0.6 is 15.9 Å². The molecule has 2 nitrogen and oxygen atoms in total. The van der Waals surface area contributed by atoms with E-state index in [9.17, 15) is 5.11 Å². The first-order chi connectivity index (χ1) is 7.24. The molecule has 2 aliphatic rings. The predicted octanol–water partition coefficient (Wildman–Crippen LogP) is 2.40. The van der Waals surface area contributed by atoms with Gasteiger partial charge in [-0.2, -0.15) is 0 Å². The second-order valence-electron chi connectivity index (χ2n) is 5.35. The zero-order valence-electron chi connectivity index (χ0n) is 9.42. The SMILES string of the molecule is OC1CCN(CC2(CBr)CCCC2)CC1. The molecular weight excluding hydrogens is 254 g/mol. The van der Waals surface area contributed by atoms with Crippen LogP contribution in [0.1, 0.15) is 38.5 Å². The van der Waals surface area contributed by atoms with Crippen LogP contribution in [0.15, 0.2) is 0 Å². The number of nitrogens with zero attached hydrogens (tertiary/aromatic N) is 1. The molecule has 2 rings (SSSR count). The lowest BCUT2D eigenvalue weighted by Gasteiger charge is -2.37. The average Bonchev–Trinajstić information content (AvgIpc) is 2.71. The van der Waals surface area contributed by atoms with Gasteiger partial charge in [0, 0.05) is 25.0 Å². The molecule has 2 fully saturated rings. The van der Waals surface area contributed by atoms with Crippen LogP contribution in [0.2, 0.25) is 0 Å². The van der Waals surface area contributed by atoms with Crippen LogP contribution in [0.25, 0.3) is 0 Å². The van der Waals surface area contributed by atoms with Crippen molar-refractivity contribution < 1.29 is 5.11 Å². The molecule has 1 heterocycles. The molecule has 1 N–H and O–H groups in total. The van der Waals surface area contributed by atoms with E-state index in [0.717, 1.165) is 31.3 Å². The summed E-state index contributed by atoms with van der Waals surface area (Å²) in [6.45, 7) is 3.43. The molecule has 1 aliphatic carbocycles. The van der Waals surface area contributed by atoms with Crippen molar-refractivity contribution >= 4 is 15.9 Å². The standard InChI is InChI=1S/C12H22BrNO/c13-9-12(5-1-2-6-12)10-14-7-3-11(15)4-8-14/h11,15H,1-10H2. The molecular formula is C12H22BrNO. The van der Waals surface area contributed by atoms with E-state index >= 15 is 0 Å². The van der Waals surface area contributed by atoms with Crippen molar-refractivity contribution in [2.45, 2.75) is 44.6 Å². The monoisotopic (exact) mass is 275 g/mol. The molecule has 1 aliphatic heterocycles. The summed E-state index contributed by atoms with van der Waals surface area (Å²) in [4.78, 5) is 2.55. The number of aliphatic hydroxyl groups is 1. The molecule has 1 saturated carbocycles. The van der Waals surface area contributed by atoms with Gasteiger partial charge in [-0.1, -0.05) is 28.8 Å². The lowest BCUT2D eigenvalue weighted by Crippen LogP contribution is -2.43. The van der Waals surface area contributed by atoms with E-state index in [1.165, 1.54) is 32.2 Å². The Morgan fingerprint density at radius 3 is 2.33 bits per heavy atom. The van der Waals surface area contributed by atoms with Crippen molar-refractivity contribution in [1.29, 1.82) is 0 Å². The number of piperidine rings is 1. The third-order valence-corrected chi connectivity index (χ3v) is 5.25. The summed E-state index contributed by atoms with van der Waals surface area (Å²) in [5, 5.41) is 10.6. The molecule has 0 unspecified atom stereocenters. The van der Waals surface area contributed by atoms with Crippen molar-refractivity contribution in [1.82, 2.24) is 4.90 Å². The van der Waals surface area contributed by atoms with E-state index in [2.05, 4.69) is 20.8 Å². The highest BCUT2D eigenvalue weighted by Crippen LogP contribution is 2.40. The smallest absolute Gasteiger partial charge is 0.0564 e. The van der Waals surface area contributed by atoms with Gasteiger partial charge < -0.3 is 10.0 Å². The maximum Gasteiger partial charge on any atom is 0.0564 e. The molecule has 0 amide bonds. The Hall–Kier alpha value is 0.400. The molecule has 0 aromatic heterocycles. The Morgan fingerprint density at radius 2 is 1.80 bits per heavy atom. The van der Waals surface area contributed by atoms with Crippen LogP contribution < -0.4 is 0 Å². The Balaban J connectivity index is 1.84. The fourth-order valence-electron chi connectivity index (χ4n) is 3.01. The Morgan fingerprint density at radius 1 is 1.20 bits per heavy atom. The fourth-order valence-corrected chi connectivity index (χ4v) is 3.75. The van der Waals surface area contributed by atoms with Gasteiger partial charge in [0.25, 0.3) is 0 Å². The molecule has 1 saturated heterocycles. The highest BCUT2D eigenvalue weighted by Gasteiger charge is 2.35. The molecule has 0 bridgehead atoms.